The lowest BCUT2D eigenvalue weighted by molar-refractivity contribution is 0.185. The highest BCUT2D eigenvalue weighted by Gasteiger charge is 2.22. The van der Waals surface area contributed by atoms with Crippen molar-refractivity contribution in [2.45, 2.75) is 31.7 Å². The van der Waals surface area contributed by atoms with Gasteiger partial charge in [0, 0.05) is 43.3 Å². The van der Waals surface area contributed by atoms with E-state index in [4.69, 9.17) is 9.47 Å². The number of rotatable bonds is 8. The van der Waals surface area contributed by atoms with Gasteiger partial charge in [0.1, 0.15) is 5.82 Å². The Labute approximate surface area is 172 Å². The molecular weight excluding hydrogens is 393 g/mol. The molecule has 0 aliphatic carbocycles. The first kappa shape index (κ1) is 21.1. The molecule has 0 fully saturated rings. The fraction of sp³-hybridized carbons (Fsp3) is 0.333. The van der Waals surface area contributed by atoms with Crippen molar-refractivity contribution in [3.63, 3.8) is 0 Å². The van der Waals surface area contributed by atoms with E-state index in [0.717, 1.165) is 16.8 Å². The monoisotopic (exact) mass is 417 g/mol. The average Bonchev–Trinajstić information content (AvgIpc) is 3.06. The standard InChI is InChI=1S/C21H24FN3O3S/c1-14(2)28-18-13-16(9-10-23-18)20-19(15-5-7-17(22)8-6-15)24-21(29(4)26)25(20)11-12-27-3/h5-10,13-14H,11-12H2,1-4H3. The lowest BCUT2D eigenvalue weighted by Gasteiger charge is -2.14. The maximum absolute atomic E-state index is 13.5. The number of ether oxygens (including phenoxy) is 2. The summed E-state index contributed by atoms with van der Waals surface area (Å²) < 4.78 is 38.7. The number of benzene rings is 1. The lowest BCUT2D eigenvalue weighted by atomic mass is 10.1. The lowest BCUT2D eigenvalue weighted by Crippen LogP contribution is -2.11. The highest BCUT2D eigenvalue weighted by molar-refractivity contribution is 7.84. The first-order chi connectivity index (χ1) is 13.9. The van der Waals surface area contributed by atoms with Crippen molar-refractivity contribution < 1.29 is 18.1 Å². The van der Waals surface area contributed by atoms with Crippen molar-refractivity contribution in [1.82, 2.24) is 14.5 Å². The van der Waals surface area contributed by atoms with Gasteiger partial charge in [-0.15, -0.1) is 0 Å². The molecule has 0 aliphatic heterocycles. The first-order valence-electron chi connectivity index (χ1n) is 9.22. The van der Waals surface area contributed by atoms with Crippen LogP contribution in [0, 0.1) is 5.82 Å². The van der Waals surface area contributed by atoms with E-state index in [1.807, 2.05) is 30.5 Å². The van der Waals surface area contributed by atoms with Crippen molar-refractivity contribution in [1.29, 1.82) is 0 Å². The number of hydrogen-bond acceptors (Lipinski definition) is 5. The minimum Gasteiger partial charge on any atom is -0.475 e. The van der Waals surface area contributed by atoms with Crippen LogP contribution < -0.4 is 4.74 Å². The van der Waals surface area contributed by atoms with E-state index in [1.54, 1.807) is 31.7 Å². The van der Waals surface area contributed by atoms with E-state index >= 15 is 0 Å². The molecule has 3 rings (SSSR count). The molecule has 3 aromatic rings. The van der Waals surface area contributed by atoms with E-state index in [9.17, 15) is 8.60 Å². The summed E-state index contributed by atoms with van der Waals surface area (Å²) >= 11 is 0. The molecule has 8 heteroatoms. The number of pyridine rings is 1. The van der Waals surface area contributed by atoms with Gasteiger partial charge in [0.15, 0.2) is 5.16 Å². The summed E-state index contributed by atoms with van der Waals surface area (Å²) in [5.41, 5.74) is 2.92. The van der Waals surface area contributed by atoms with Gasteiger partial charge in [0.2, 0.25) is 5.88 Å². The Morgan fingerprint density at radius 3 is 2.52 bits per heavy atom. The summed E-state index contributed by atoms with van der Waals surface area (Å²) in [4.78, 5) is 8.92. The van der Waals surface area contributed by atoms with E-state index in [0.29, 0.717) is 29.9 Å². The van der Waals surface area contributed by atoms with Gasteiger partial charge in [-0.25, -0.2) is 14.4 Å². The van der Waals surface area contributed by atoms with Crippen molar-refractivity contribution in [3.05, 3.63) is 48.4 Å². The van der Waals surface area contributed by atoms with Crippen molar-refractivity contribution in [2.75, 3.05) is 20.0 Å². The smallest absolute Gasteiger partial charge is 0.214 e. The zero-order chi connectivity index (χ0) is 21.0. The van der Waals surface area contributed by atoms with Crippen LogP contribution in [0.4, 0.5) is 4.39 Å². The summed E-state index contributed by atoms with van der Waals surface area (Å²) in [6.07, 6.45) is 3.23. The highest BCUT2D eigenvalue weighted by Crippen LogP contribution is 2.35. The van der Waals surface area contributed by atoms with Crippen LogP contribution in [0.25, 0.3) is 22.5 Å². The third-order valence-corrected chi connectivity index (χ3v) is 5.02. The molecule has 2 aromatic heterocycles. The second kappa shape index (κ2) is 9.28. The van der Waals surface area contributed by atoms with Gasteiger partial charge in [-0.2, -0.15) is 0 Å². The third-order valence-electron chi connectivity index (χ3n) is 4.19. The first-order valence-corrected chi connectivity index (χ1v) is 10.8. The summed E-state index contributed by atoms with van der Waals surface area (Å²) in [7, 11) is 0.288. The normalized spacial score (nSPS) is 12.3. The molecule has 0 spiro atoms. The van der Waals surface area contributed by atoms with Crippen LogP contribution in [0.3, 0.4) is 0 Å². The van der Waals surface area contributed by atoms with Gasteiger partial charge in [-0.3, -0.25) is 4.21 Å². The Morgan fingerprint density at radius 2 is 1.90 bits per heavy atom. The molecule has 29 heavy (non-hydrogen) atoms. The molecule has 0 N–H and O–H groups in total. The molecule has 0 saturated carbocycles. The number of methoxy groups -OCH3 is 1. The summed E-state index contributed by atoms with van der Waals surface area (Å²) in [5.74, 6) is 0.158. The molecule has 0 bridgehead atoms. The fourth-order valence-corrected chi connectivity index (χ4v) is 3.72. The van der Waals surface area contributed by atoms with Crippen molar-refractivity contribution in [3.8, 4) is 28.4 Å². The molecule has 0 radical (unpaired) electrons. The molecule has 1 aromatic carbocycles. The summed E-state index contributed by atoms with van der Waals surface area (Å²) in [6, 6.07) is 9.78. The van der Waals surface area contributed by atoms with E-state index < -0.39 is 10.8 Å². The Hall–Kier alpha value is -2.58. The highest BCUT2D eigenvalue weighted by atomic mass is 32.2. The van der Waals surface area contributed by atoms with Crippen LogP contribution in [0.1, 0.15) is 13.8 Å². The van der Waals surface area contributed by atoms with Gasteiger partial charge >= 0.3 is 0 Å². The fourth-order valence-electron chi connectivity index (χ4n) is 3.01. The molecule has 6 nitrogen and oxygen atoms in total. The number of imidazole rings is 1. The van der Waals surface area contributed by atoms with Gasteiger partial charge in [0.25, 0.3) is 0 Å². The summed E-state index contributed by atoms with van der Waals surface area (Å²) in [6.45, 7) is 4.76. The second-order valence-electron chi connectivity index (χ2n) is 6.75. The van der Waals surface area contributed by atoms with Gasteiger partial charge in [-0.05, 0) is 44.2 Å². The van der Waals surface area contributed by atoms with E-state index in [2.05, 4.69) is 9.97 Å². The van der Waals surface area contributed by atoms with Gasteiger partial charge < -0.3 is 14.0 Å². The number of hydrogen-bond donors (Lipinski definition) is 0. The summed E-state index contributed by atoms with van der Waals surface area (Å²) in [5, 5.41) is 0.430. The minimum atomic E-state index is -1.32. The van der Waals surface area contributed by atoms with E-state index in [-0.39, 0.29) is 11.9 Å². The SMILES string of the molecule is COCCn1c(S(C)=O)nc(-c2ccc(F)cc2)c1-c1ccnc(OC(C)C)c1. The van der Waals surface area contributed by atoms with Crippen LogP contribution in [-0.4, -0.2) is 44.8 Å². The van der Waals surface area contributed by atoms with Gasteiger partial charge in [-0.1, -0.05) is 0 Å². The molecule has 2 heterocycles. The van der Waals surface area contributed by atoms with Crippen molar-refractivity contribution >= 4 is 10.8 Å². The van der Waals surface area contributed by atoms with Crippen LogP contribution in [0.2, 0.25) is 0 Å². The Balaban J connectivity index is 2.23. The largest absolute Gasteiger partial charge is 0.475 e. The van der Waals surface area contributed by atoms with Crippen molar-refractivity contribution in [2.24, 2.45) is 0 Å². The van der Waals surface area contributed by atoms with Crippen LogP contribution in [-0.2, 0) is 22.1 Å². The Kier molecular flexibility index (Phi) is 6.76. The Bertz CT molecular complexity index is 1000. The number of halogens is 1. The van der Waals surface area contributed by atoms with Crippen LogP contribution in [0.5, 0.6) is 5.88 Å². The minimum absolute atomic E-state index is 0.0218. The van der Waals surface area contributed by atoms with E-state index in [1.165, 1.54) is 12.1 Å². The molecule has 0 aliphatic rings. The quantitative estimate of drug-likeness (QED) is 0.556. The number of nitrogens with zero attached hydrogens (tertiary/aromatic N) is 3. The maximum Gasteiger partial charge on any atom is 0.214 e. The predicted molar refractivity (Wildman–Crippen MR) is 111 cm³/mol. The molecule has 154 valence electrons. The molecular formula is C21H24FN3O3S. The predicted octanol–water partition coefficient (Wildman–Crippen LogP) is 3.92. The molecule has 1 unspecified atom stereocenters. The molecule has 1 atom stereocenters. The zero-order valence-electron chi connectivity index (χ0n) is 16.9. The average molecular weight is 418 g/mol. The number of aromatic nitrogens is 3. The maximum atomic E-state index is 13.5. The molecule has 0 amide bonds. The molecule has 0 saturated heterocycles. The van der Waals surface area contributed by atoms with Gasteiger partial charge in [0.05, 0.1) is 34.9 Å². The van der Waals surface area contributed by atoms with Crippen LogP contribution in [0.15, 0.2) is 47.8 Å². The third kappa shape index (κ3) is 4.89. The second-order valence-corrected chi connectivity index (χ2v) is 8.02. The van der Waals surface area contributed by atoms with Crippen LogP contribution >= 0.6 is 0 Å². The topological polar surface area (TPSA) is 66.2 Å². The zero-order valence-corrected chi connectivity index (χ0v) is 17.7. The Morgan fingerprint density at radius 1 is 1.17 bits per heavy atom.